The fourth-order valence-corrected chi connectivity index (χ4v) is 4.21. The van der Waals surface area contributed by atoms with Gasteiger partial charge in [-0.1, -0.05) is 19.3 Å². The molecule has 0 aromatic heterocycles. The fraction of sp³-hybridized carbons (Fsp3) is 1.00. The predicted molar refractivity (Wildman–Crippen MR) is 69.8 cm³/mol. The van der Waals surface area contributed by atoms with Gasteiger partial charge < -0.3 is 10.2 Å². The average Bonchev–Trinajstić information content (AvgIpc) is 2.36. The molecule has 0 heterocycles. The summed E-state index contributed by atoms with van der Waals surface area (Å²) in [5, 5.41) is 18.5. The number of hydrogen-bond acceptors (Lipinski definition) is 2. The van der Waals surface area contributed by atoms with Gasteiger partial charge in [0.1, 0.15) is 0 Å². The highest BCUT2D eigenvalue weighted by atomic mass is 16.3. The fourth-order valence-electron chi connectivity index (χ4n) is 4.21. The van der Waals surface area contributed by atoms with Gasteiger partial charge in [-0.05, 0) is 62.2 Å². The summed E-state index contributed by atoms with van der Waals surface area (Å²) in [6.07, 6.45) is 14.1. The number of aliphatic hydroxyl groups is 2. The second-order valence-electron chi connectivity index (χ2n) is 6.51. The standard InChI is InChI=1S/C15H28O2/c16-12-10-15(11-13-17)8-6-14(7-9-15)4-2-1-3-5-14/h16-17H,1-13H2. The van der Waals surface area contributed by atoms with Crippen LogP contribution in [0.2, 0.25) is 0 Å². The third-order valence-electron chi connectivity index (χ3n) is 5.57. The molecule has 2 aliphatic carbocycles. The van der Waals surface area contributed by atoms with Gasteiger partial charge in [-0.25, -0.2) is 0 Å². The van der Waals surface area contributed by atoms with Crippen molar-refractivity contribution in [1.29, 1.82) is 0 Å². The van der Waals surface area contributed by atoms with Crippen LogP contribution in [0.4, 0.5) is 0 Å². The molecule has 100 valence electrons. The van der Waals surface area contributed by atoms with Crippen molar-refractivity contribution in [2.75, 3.05) is 13.2 Å². The van der Waals surface area contributed by atoms with Gasteiger partial charge in [-0.15, -0.1) is 0 Å². The second kappa shape index (κ2) is 5.71. The molecule has 0 unspecified atom stereocenters. The molecule has 0 aromatic carbocycles. The Kier molecular flexibility index (Phi) is 4.48. The van der Waals surface area contributed by atoms with E-state index in [-0.39, 0.29) is 18.6 Å². The van der Waals surface area contributed by atoms with E-state index in [1.165, 1.54) is 57.8 Å². The minimum absolute atomic E-state index is 0.256. The van der Waals surface area contributed by atoms with Crippen molar-refractivity contribution in [2.45, 2.75) is 70.6 Å². The minimum atomic E-state index is 0.256. The van der Waals surface area contributed by atoms with Crippen LogP contribution >= 0.6 is 0 Å². The van der Waals surface area contributed by atoms with Crippen LogP contribution in [-0.2, 0) is 0 Å². The van der Waals surface area contributed by atoms with Gasteiger partial charge in [0.2, 0.25) is 0 Å². The molecule has 2 rings (SSSR count). The van der Waals surface area contributed by atoms with Crippen molar-refractivity contribution in [1.82, 2.24) is 0 Å². The summed E-state index contributed by atoms with van der Waals surface area (Å²) < 4.78 is 0. The number of rotatable bonds is 4. The Morgan fingerprint density at radius 2 is 1.18 bits per heavy atom. The van der Waals surface area contributed by atoms with Crippen LogP contribution in [-0.4, -0.2) is 23.4 Å². The lowest BCUT2D eigenvalue weighted by Gasteiger charge is -2.48. The number of hydrogen-bond donors (Lipinski definition) is 2. The Balaban J connectivity index is 1.94. The highest BCUT2D eigenvalue weighted by molar-refractivity contribution is 4.93. The monoisotopic (exact) mass is 240 g/mol. The summed E-state index contributed by atoms with van der Waals surface area (Å²) in [5.74, 6) is 0. The molecule has 0 aromatic rings. The molecule has 1 spiro atoms. The topological polar surface area (TPSA) is 40.5 Å². The third-order valence-corrected chi connectivity index (χ3v) is 5.57. The maximum atomic E-state index is 9.23. The Labute approximate surface area is 105 Å². The summed E-state index contributed by atoms with van der Waals surface area (Å²) >= 11 is 0. The van der Waals surface area contributed by atoms with Gasteiger partial charge in [0.05, 0.1) is 0 Å². The van der Waals surface area contributed by atoms with Crippen molar-refractivity contribution < 1.29 is 10.2 Å². The van der Waals surface area contributed by atoms with Gasteiger partial charge in [-0.3, -0.25) is 0 Å². The Morgan fingerprint density at radius 3 is 1.65 bits per heavy atom. The quantitative estimate of drug-likeness (QED) is 0.792. The highest BCUT2D eigenvalue weighted by Crippen LogP contribution is 2.54. The molecule has 2 N–H and O–H groups in total. The largest absolute Gasteiger partial charge is 0.396 e. The van der Waals surface area contributed by atoms with E-state index in [9.17, 15) is 10.2 Å². The third kappa shape index (κ3) is 3.03. The summed E-state index contributed by atoms with van der Waals surface area (Å²) in [6.45, 7) is 0.569. The molecule has 2 saturated carbocycles. The molecule has 2 fully saturated rings. The Morgan fingerprint density at radius 1 is 0.647 bits per heavy atom. The van der Waals surface area contributed by atoms with Crippen molar-refractivity contribution in [3.63, 3.8) is 0 Å². The first-order chi connectivity index (χ1) is 8.24. The van der Waals surface area contributed by atoms with Gasteiger partial charge in [0.25, 0.3) is 0 Å². The van der Waals surface area contributed by atoms with E-state index in [0.29, 0.717) is 5.41 Å². The molecule has 2 heteroatoms. The van der Waals surface area contributed by atoms with Gasteiger partial charge >= 0.3 is 0 Å². The molecule has 0 radical (unpaired) electrons. The van der Waals surface area contributed by atoms with Crippen LogP contribution in [0.3, 0.4) is 0 Å². The Hall–Kier alpha value is -0.0800. The first-order valence-electron chi connectivity index (χ1n) is 7.46. The molecule has 0 atom stereocenters. The maximum absolute atomic E-state index is 9.23. The normalized spacial score (nSPS) is 27.2. The van der Waals surface area contributed by atoms with E-state index in [0.717, 1.165) is 12.8 Å². The lowest BCUT2D eigenvalue weighted by atomic mass is 9.57. The van der Waals surface area contributed by atoms with Crippen LogP contribution in [0, 0.1) is 10.8 Å². The summed E-state index contributed by atoms with van der Waals surface area (Å²) in [6, 6.07) is 0. The lowest BCUT2D eigenvalue weighted by molar-refractivity contribution is 0.0153. The molecular formula is C15H28O2. The Bertz CT molecular complexity index is 213. The zero-order valence-corrected chi connectivity index (χ0v) is 11.1. The van der Waals surface area contributed by atoms with E-state index < -0.39 is 0 Å². The smallest absolute Gasteiger partial charge is 0.0436 e. The van der Waals surface area contributed by atoms with E-state index in [2.05, 4.69) is 0 Å². The van der Waals surface area contributed by atoms with E-state index in [1.807, 2.05) is 0 Å². The summed E-state index contributed by atoms with van der Waals surface area (Å²) in [7, 11) is 0. The zero-order chi connectivity index (χ0) is 12.2. The zero-order valence-electron chi connectivity index (χ0n) is 11.1. The molecule has 17 heavy (non-hydrogen) atoms. The van der Waals surface area contributed by atoms with E-state index in [1.54, 1.807) is 0 Å². The van der Waals surface area contributed by atoms with Crippen LogP contribution in [0.5, 0.6) is 0 Å². The van der Waals surface area contributed by atoms with Crippen molar-refractivity contribution in [3.8, 4) is 0 Å². The van der Waals surface area contributed by atoms with E-state index >= 15 is 0 Å². The van der Waals surface area contributed by atoms with Crippen molar-refractivity contribution in [2.24, 2.45) is 10.8 Å². The van der Waals surface area contributed by atoms with Crippen LogP contribution in [0.15, 0.2) is 0 Å². The molecule has 2 nitrogen and oxygen atoms in total. The van der Waals surface area contributed by atoms with Gasteiger partial charge in [0.15, 0.2) is 0 Å². The summed E-state index contributed by atoms with van der Waals surface area (Å²) in [5.41, 5.74) is 0.902. The predicted octanol–water partition coefficient (Wildman–Crippen LogP) is 3.26. The van der Waals surface area contributed by atoms with Gasteiger partial charge in [-0.2, -0.15) is 0 Å². The molecular weight excluding hydrogens is 212 g/mol. The summed E-state index contributed by atoms with van der Waals surface area (Å²) in [4.78, 5) is 0. The van der Waals surface area contributed by atoms with Crippen LogP contribution in [0.25, 0.3) is 0 Å². The number of aliphatic hydroxyl groups excluding tert-OH is 2. The molecule has 0 saturated heterocycles. The van der Waals surface area contributed by atoms with Gasteiger partial charge in [0, 0.05) is 13.2 Å². The van der Waals surface area contributed by atoms with Crippen LogP contribution < -0.4 is 0 Å². The first-order valence-corrected chi connectivity index (χ1v) is 7.46. The van der Waals surface area contributed by atoms with E-state index in [4.69, 9.17) is 0 Å². The molecule has 0 amide bonds. The SMILES string of the molecule is OCCC1(CCO)CCC2(CCCCC2)CC1. The molecule has 2 aliphatic rings. The molecule has 0 bridgehead atoms. The minimum Gasteiger partial charge on any atom is -0.396 e. The van der Waals surface area contributed by atoms with Crippen molar-refractivity contribution in [3.05, 3.63) is 0 Å². The second-order valence-corrected chi connectivity index (χ2v) is 6.51. The average molecular weight is 240 g/mol. The van der Waals surface area contributed by atoms with Crippen LogP contribution in [0.1, 0.15) is 70.6 Å². The molecule has 0 aliphatic heterocycles. The first kappa shape index (κ1) is 13.4. The highest BCUT2D eigenvalue weighted by Gasteiger charge is 2.42. The van der Waals surface area contributed by atoms with Crippen molar-refractivity contribution >= 4 is 0 Å². The maximum Gasteiger partial charge on any atom is 0.0436 e. The lowest BCUT2D eigenvalue weighted by Crippen LogP contribution is -2.36.